The molecule has 13 heteroatoms. The standard InChI is InChI=1S/C9H11NO3.2C5H9NO2.C3H7NO2/c10-8(9(12)13)5-6-1-3-7(11)4-2-6;2*7-5(8)4-2-1-3-6-4;1-2(4)3(5)6/h1-4,8,11H,5,10H2,(H,12,13);2*4,6H,1-3H2,(H,7,8);2H,4H2,1H3,(H,5,6)/t8-;2*4-;2-/m0000/s1. The van der Waals surface area contributed by atoms with Crippen molar-refractivity contribution in [2.45, 2.75) is 63.2 Å². The summed E-state index contributed by atoms with van der Waals surface area (Å²) in [6.45, 7) is 3.14. The first-order valence-corrected chi connectivity index (χ1v) is 11.0. The highest BCUT2D eigenvalue weighted by molar-refractivity contribution is 5.74. The number of benzene rings is 1. The maximum Gasteiger partial charge on any atom is 0.320 e. The van der Waals surface area contributed by atoms with Crippen molar-refractivity contribution in [3.8, 4) is 5.75 Å². The summed E-state index contributed by atoms with van der Waals surface area (Å²) in [6, 6.07) is 4.16. The summed E-state index contributed by atoms with van der Waals surface area (Å²) >= 11 is 0. The van der Waals surface area contributed by atoms with Gasteiger partial charge in [0.1, 0.15) is 29.9 Å². The van der Waals surface area contributed by atoms with Crippen molar-refractivity contribution in [1.82, 2.24) is 10.6 Å². The number of carbonyl (C=O) groups is 4. The van der Waals surface area contributed by atoms with Crippen LogP contribution in [0.5, 0.6) is 5.75 Å². The Hall–Kier alpha value is -3.26. The van der Waals surface area contributed by atoms with E-state index in [0.29, 0.717) is 0 Å². The molecule has 0 amide bonds. The molecular weight excluding hydrogens is 464 g/mol. The molecule has 0 unspecified atom stereocenters. The second-order valence-electron chi connectivity index (χ2n) is 7.92. The van der Waals surface area contributed by atoms with Gasteiger partial charge in [0.15, 0.2) is 0 Å². The first-order valence-electron chi connectivity index (χ1n) is 11.0. The van der Waals surface area contributed by atoms with Gasteiger partial charge < -0.3 is 47.6 Å². The van der Waals surface area contributed by atoms with Gasteiger partial charge in [-0.1, -0.05) is 12.1 Å². The number of nitrogens with one attached hydrogen (secondary N) is 2. The Labute approximate surface area is 203 Å². The molecule has 0 aliphatic carbocycles. The van der Waals surface area contributed by atoms with Gasteiger partial charge in [0.05, 0.1) is 0 Å². The number of hydrogen-bond acceptors (Lipinski definition) is 9. The quantitative estimate of drug-likeness (QED) is 0.237. The zero-order valence-corrected chi connectivity index (χ0v) is 19.6. The topological polar surface area (TPSA) is 246 Å². The molecule has 0 spiro atoms. The Morgan fingerprint density at radius 2 is 1.26 bits per heavy atom. The zero-order valence-electron chi connectivity index (χ0n) is 19.6. The molecule has 2 aliphatic rings. The molecule has 1 aromatic rings. The van der Waals surface area contributed by atoms with E-state index in [2.05, 4.69) is 10.6 Å². The average molecular weight is 501 g/mol. The maximum atomic E-state index is 10.4. The monoisotopic (exact) mass is 500 g/mol. The molecular formula is C22H36N4O9. The largest absolute Gasteiger partial charge is 0.508 e. The van der Waals surface area contributed by atoms with Crippen molar-refractivity contribution >= 4 is 23.9 Å². The summed E-state index contributed by atoms with van der Waals surface area (Å²) in [7, 11) is 0. The Morgan fingerprint density at radius 1 is 0.857 bits per heavy atom. The molecule has 3 rings (SSSR count). The van der Waals surface area contributed by atoms with Crippen LogP contribution in [-0.2, 0) is 25.6 Å². The summed E-state index contributed by atoms with van der Waals surface area (Å²) < 4.78 is 0. The van der Waals surface area contributed by atoms with Crippen LogP contribution in [0.3, 0.4) is 0 Å². The highest BCUT2D eigenvalue weighted by atomic mass is 16.4. The highest BCUT2D eigenvalue weighted by Gasteiger charge is 2.20. The fraction of sp³-hybridized carbons (Fsp3) is 0.545. The lowest BCUT2D eigenvalue weighted by molar-refractivity contribution is -0.140. The van der Waals surface area contributed by atoms with Gasteiger partial charge in [-0.05, 0) is 69.8 Å². The third kappa shape index (κ3) is 15.3. The average Bonchev–Trinajstić information content (AvgIpc) is 3.51. The van der Waals surface area contributed by atoms with Crippen molar-refractivity contribution in [2.24, 2.45) is 11.5 Å². The molecule has 198 valence electrons. The lowest BCUT2D eigenvalue weighted by Gasteiger charge is -2.05. The smallest absolute Gasteiger partial charge is 0.320 e. The minimum atomic E-state index is -1.02. The van der Waals surface area contributed by atoms with Gasteiger partial charge in [-0.2, -0.15) is 0 Å². The number of carboxylic acids is 4. The first kappa shape index (κ1) is 31.7. The van der Waals surface area contributed by atoms with Gasteiger partial charge in [-0.25, -0.2) is 0 Å². The van der Waals surface area contributed by atoms with E-state index in [0.717, 1.165) is 44.3 Å². The van der Waals surface area contributed by atoms with E-state index in [1.165, 1.54) is 19.1 Å². The van der Waals surface area contributed by atoms with Gasteiger partial charge in [-0.15, -0.1) is 0 Å². The summed E-state index contributed by atoms with van der Waals surface area (Å²) in [5, 5.41) is 47.8. The predicted molar refractivity (Wildman–Crippen MR) is 126 cm³/mol. The van der Waals surface area contributed by atoms with E-state index in [4.69, 9.17) is 37.0 Å². The number of aliphatic carboxylic acids is 4. The third-order valence-electron chi connectivity index (χ3n) is 4.82. The predicted octanol–water partition coefficient (Wildman–Crippen LogP) is -0.589. The van der Waals surface area contributed by atoms with Gasteiger partial charge in [0, 0.05) is 0 Å². The molecule has 0 radical (unpaired) electrons. The van der Waals surface area contributed by atoms with Crippen LogP contribution in [0.1, 0.15) is 38.2 Å². The van der Waals surface area contributed by atoms with Crippen molar-refractivity contribution in [2.75, 3.05) is 13.1 Å². The van der Waals surface area contributed by atoms with Crippen molar-refractivity contribution < 1.29 is 44.7 Å². The molecule has 2 heterocycles. The van der Waals surface area contributed by atoms with Crippen LogP contribution >= 0.6 is 0 Å². The van der Waals surface area contributed by atoms with E-state index in [9.17, 15) is 19.2 Å². The van der Waals surface area contributed by atoms with Crippen molar-refractivity contribution in [3.05, 3.63) is 29.8 Å². The van der Waals surface area contributed by atoms with Gasteiger partial charge in [0.2, 0.25) is 0 Å². The van der Waals surface area contributed by atoms with E-state index < -0.39 is 36.0 Å². The lowest BCUT2D eigenvalue weighted by Crippen LogP contribution is -2.32. The first-order chi connectivity index (χ1) is 16.3. The number of aromatic hydroxyl groups is 1. The number of rotatable bonds is 6. The van der Waals surface area contributed by atoms with Crippen LogP contribution in [0.15, 0.2) is 24.3 Å². The Kier molecular flexibility index (Phi) is 15.6. The molecule has 11 N–H and O–H groups in total. The molecule has 2 aliphatic heterocycles. The number of carboxylic acid groups (broad SMARTS) is 4. The number of phenols is 1. The minimum absolute atomic E-state index is 0.160. The normalized spacial score (nSPS) is 19.9. The van der Waals surface area contributed by atoms with Crippen LogP contribution in [0.2, 0.25) is 0 Å². The van der Waals surface area contributed by atoms with Crippen LogP contribution in [0.4, 0.5) is 0 Å². The van der Waals surface area contributed by atoms with Gasteiger partial charge >= 0.3 is 23.9 Å². The third-order valence-corrected chi connectivity index (χ3v) is 4.82. The minimum Gasteiger partial charge on any atom is -0.508 e. The van der Waals surface area contributed by atoms with Gasteiger partial charge in [0.25, 0.3) is 0 Å². The zero-order chi connectivity index (χ0) is 27.0. The Bertz CT molecular complexity index is 765. The Morgan fingerprint density at radius 3 is 1.49 bits per heavy atom. The van der Waals surface area contributed by atoms with E-state index >= 15 is 0 Å². The summed E-state index contributed by atoms with van der Waals surface area (Å²) in [4.78, 5) is 40.2. The molecule has 2 saturated heterocycles. The molecule has 35 heavy (non-hydrogen) atoms. The summed E-state index contributed by atoms with van der Waals surface area (Å²) in [5.41, 5.74) is 11.0. The fourth-order valence-corrected chi connectivity index (χ4v) is 2.76. The van der Waals surface area contributed by atoms with Crippen LogP contribution in [0, 0.1) is 0 Å². The summed E-state index contributed by atoms with van der Waals surface area (Å²) in [6.07, 6.45) is 3.84. The van der Waals surface area contributed by atoms with Crippen LogP contribution in [-0.4, -0.2) is 86.7 Å². The second-order valence-corrected chi connectivity index (χ2v) is 7.92. The van der Waals surface area contributed by atoms with E-state index in [1.54, 1.807) is 12.1 Å². The van der Waals surface area contributed by atoms with E-state index in [-0.39, 0.29) is 24.3 Å². The SMILES string of the molecule is C[C@H](N)C(=O)O.N[C@@H](Cc1ccc(O)cc1)C(=O)O.O=C(O)[C@@H]1CCCN1.O=C(O)[C@@H]1CCCN1. The molecule has 13 nitrogen and oxygen atoms in total. The fourth-order valence-electron chi connectivity index (χ4n) is 2.76. The second kappa shape index (κ2) is 17.2. The number of hydrogen-bond donors (Lipinski definition) is 9. The molecule has 0 saturated carbocycles. The van der Waals surface area contributed by atoms with Crippen LogP contribution < -0.4 is 22.1 Å². The summed E-state index contributed by atoms with van der Waals surface area (Å²) in [5.74, 6) is -3.26. The van der Waals surface area contributed by atoms with Crippen LogP contribution in [0.25, 0.3) is 0 Å². The number of nitrogens with two attached hydrogens (primary N) is 2. The van der Waals surface area contributed by atoms with Crippen molar-refractivity contribution in [3.63, 3.8) is 0 Å². The molecule has 4 atom stereocenters. The molecule has 2 fully saturated rings. The van der Waals surface area contributed by atoms with Gasteiger partial charge in [-0.3, -0.25) is 19.2 Å². The van der Waals surface area contributed by atoms with E-state index in [1.807, 2.05) is 0 Å². The molecule has 0 aromatic heterocycles. The number of phenolic OH excluding ortho intramolecular Hbond substituents is 1. The van der Waals surface area contributed by atoms with Crippen molar-refractivity contribution in [1.29, 1.82) is 0 Å². The lowest BCUT2D eigenvalue weighted by atomic mass is 10.1. The molecule has 0 bridgehead atoms. The maximum absolute atomic E-state index is 10.4. The molecule has 1 aromatic carbocycles. The Balaban J connectivity index is 0.000000461. The highest BCUT2D eigenvalue weighted by Crippen LogP contribution is 2.10.